The van der Waals surface area contributed by atoms with E-state index in [1.807, 2.05) is 13.8 Å². The van der Waals surface area contributed by atoms with Crippen LogP contribution in [-0.2, 0) is 9.59 Å². The molecule has 0 radical (unpaired) electrons. The lowest BCUT2D eigenvalue weighted by Crippen LogP contribution is -2.64. The normalized spacial score (nSPS) is 46.0. The number of rotatable bonds is 4. The number of carbonyl (C=O) groups is 2. The van der Waals surface area contributed by atoms with E-state index >= 15 is 0 Å². The molecule has 0 aromatic rings. The molecule has 2 N–H and O–H groups in total. The van der Waals surface area contributed by atoms with E-state index in [0.29, 0.717) is 0 Å². The predicted octanol–water partition coefficient (Wildman–Crippen LogP) is 3.60. The van der Waals surface area contributed by atoms with Gasteiger partial charge in [0.25, 0.3) is 0 Å². The molecule has 1 amide bonds. The minimum atomic E-state index is -0.929. The van der Waals surface area contributed by atoms with E-state index < -0.39 is 12.0 Å². The van der Waals surface area contributed by atoms with Crippen LogP contribution >= 0.6 is 0 Å². The lowest BCUT2D eigenvalue weighted by Gasteiger charge is -2.68. The third kappa shape index (κ3) is 2.68. The Morgan fingerprint density at radius 2 is 1.26 bits per heavy atom. The van der Waals surface area contributed by atoms with Gasteiger partial charge in [-0.05, 0) is 60.7 Å². The Morgan fingerprint density at radius 1 is 0.870 bits per heavy atom. The van der Waals surface area contributed by atoms with E-state index in [4.69, 9.17) is 0 Å². The minimum absolute atomic E-state index is 0.0126. The zero-order valence-corrected chi connectivity index (χ0v) is 15.2. The zero-order valence-electron chi connectivity index (χ0n) is 15.2. The molecule has 0 saturated heterocycles. The van der Waals surface area contributed by atoms with Gasteiger partial charge in [0.1, 0.15) is 6.04 Å². The van der Waals surface area contributed by atoms with Gasteiger partial charge < -0.3 is 10.4 Å². The number of carbonyl (C=O) groups excluding carboxylic acids is 1. The monoisotopic (exact) mass is 321 g/mol. The number of carboxylic acids is 1. The highest BCUT2D eigenvalue weighted by atomic mass is 16.4. The molecule has 4 heteroatoms. The topological polar surface area (TPSA) is 66.4 Å². The first-order valence-electron chi connectivity index (χ1n) is 8.94. The second kappa shape index (κ2) is 4.73. The Bertz CT molecular complexity index is 499. The smallest absolute Gasteiger partial charge is 0.326 e. The average Bonchev–Trinajstić information content (AvgIpc) is 2.28. The van der Waals surface area contributed by atoms with Gasteiger partial charge in [0, 0.05) is 0 Å². The molecule has 1 atom stereocenters. The van der Waals surface area contributed by atoms with E-state index in [-0.39, 0.29) is 33.5 Å². The summed E-state index contributed by atoms with van der Waals surface area (Å²) in [4.78, 5) is 24.6. The Hall–Kier alpha value is -1.06. The second-order valence-corrected chi connectivity index (χ2v) is 10.3. The maximum absolute atomic E-state index is 13.2. The summed E-state index contributed by atoms with van der Waals surface area (Å²) in [5.41, 5.74) is 0.319. The van der Waals surface area contributed by atoms with Crippen LogP contribution in [0, 0.1) is 27.6 Å². The number of hydrogen-bond donors (Lipinski definition) is 2. The van der Waals surface area contributed by atoms with E-state index in [2.05, 4.69) is 26.1 Å². The highest BCUT2D eigenvalue weighted by Crippen LogP contribution is 2.73. The lowest BCUT2D eigenvalue weighted by atomic mass is 9.36. The largest absolute Gasteiger partial charge is 0.480 e. The summed E-state index contributed by atoms with van der Waals surface area (Å²) >= 11 is 0. The fourth-order valence-electron chi connectivity index (χ4n) is 7.34. The summed E-state index contributed by atoms with van der Waals surface area (Å²) in [5.74, 6) is -1.05. The van der Waals surface area contributed by atoms with Crippen molar-refractivity contribution < 1.29 is 14.7 Å². The molecule has 4 nitrogen and oxygen atoms in total. The van der Waals surface area contributed by atoms with Crippen LogP contribution < -0.4 is 5.32 Å². The molecule has 0 unspecified atom stereocenters. The summed E-state index contributed by atoms with van der Waals surface area (Å²) in [6.07, 6.45) is 6.37. The van der Waals surface area contributed by atoms with E-state index in [0.717, 1.165) is 19.3 Å². The minimum Gasteiger partial charge on any atom is -0.480 e. The molecule has 4 fully saturated rings. The molecule has 4 rings (SSSR count). The van der Waals surface area contributed by atoms with Crippen molar-refractivity contribution in [2.75, 3.05) is 0 Å². The van der Waals surface area contributed by atoms with Crippen LogP contribution in [0.15, 0.2) is 0 Å². The number of nitrogens with one attached hydrogen (secondary N) is 1. The number of amides is 1. The van der Waals surface area contributed by atoms with Crippen molar-refractivity contribution in [2.45, 2.75) is 79.2 Å². The first-order valence-corrected chi connectivity index (χ1v) is 8.94. The van der Waals surface area contributed by atoms with Crippen LogP contribution in [0.5, 0.6) is 0 Å². The van der Waals surface area contributed by atoms with Crippen molar-refractivity contribution in [1.82, 2.24) is 5.32 Å². The first-order chi connectivity index (χ1) is 10.4. The van der Waals surface area contributed by atoms with Gasteiger partial charge >= 0.3 is 5.97 Å². The van der Waals surface area contributed by atoms with Gasteiger partial charge in [-0.3, -0.25) is 4.79 Å². The molecule has 0 aliphatic heterocycles. The van der Waals surface area contributed by atoms with Crippen molar-refractivity contribution in [3.05, 3.63) is 0 Å². The maximum Gasteiger partial charge on any atom is 0.326 e. The van der Waals surface area contributed by atoms with Crippen LogP contribution in [0.2, 0.25) is 0 Å². The van der Waals surface area contributed by atoms with E-state index in [1.54, 1.807) is 0 Å². The molecular weight excluding hydrogens is 290 g/mol. The van der Waals surface area contributed by atoms with Gasteiger partial charge in [-0.2, -0.15) is 0 Å². The molecular formula is C19H31NO3. The molecule has 4 aliphatic rings. The van der Waals surface area contributed by atoms with Gasteiger partial charge in [0.15, 0.2) is 0 Å². The number of carboxylic acid groups (broad SMARTS) is 1. The summed E-state index contributed by atoms with van der Waals surface area (Å²) in [5, 5.41) is 12.3. The number of hydrogen-bond acceptors (Lipinski definition) is 2. The van der Waals surface area contributed by atoms with Crippen molar-refractivity contribution in [2.24, 2.45) is 27.6 Å². The highest BCUT2D eigenvalue weighted by Gasteiger charge is 2.66. The van der Waals surface area contributed by atoms with Gasteiger partial charge in [-0.1, -0.05) is 34.6 Å². The number of aliphatic carboxylic acids is 1. The second-order valence-electron chi connectivity index (χ2n) is 10.3. The highest BCUT2D eigenvalue weighted by molar-refractivity contribution is 5.88. The Kier molecular flexibility index (Phi) is 3.45. The quantitative estimate of drug-likeness (QED) is 0.831. The van der Waals surface area contributed by atoms with Crippen molar-refractivity contribution >= 4 is 11.9 Å². The predicted molar refractivity (Wildman–Crippen MR) is 88.9 cm³/mol. The van der Waals surface area contributed by atoms with Crippen LogP contribution in [0.3, 0.4) is 0 Å². The molecule has 0 aromatic carbocycles. The van der Waals surface area contributed by atoms with Gasteiger partial charge in [0.2, 0.25) is 5.91 Å². The first kappa shape index (κ1) is 16.8. The molecule has 23 heavy (non-hydrogen) atoms. The van der Waals surface area contributed by atoms with E-state index in [1.165, 1.54) is 19.3 Å². The van der Waals surface area contributed by atoms with Gasteiger partial charge in [0.05, 0.1) is 5.41 Å². The summed E-state index contributed by atoms with van der Waals surface area (Å²) < 4.78 is 0. The Morgan fingerprint density at radius 3 is 1.57 bits per heavy atom. The summed E-state index contributed by atoms with van der Waals surface area (Å²) in [6, 6.07) is -0.788. The van der Waals surface area contributed by atoms with Crippen LogP contribution in [-0.4, -0.2) is 23.0 Å². The zero-order chi connectivity index (χ0) is 17.3. The third-order valence-corrected chi connectivity index (χ3v) is 6.56. The van der Waals surface area contributed by atoms with Crippen molar-refractivity contribution in [3.8, 4) is 0 Å². The Balaban J connectivity index is 1.90. The summed E-state index contributed by atoms with van der Waals surface area (Å²) in [6.45, 7) is 10.7. The third-order valence-electron chi connectivity index (χ3n) is 6.56. The molecule has 130 valence electrons. The van der Waals surface area contributed by atoms with Gasteiger partial charge in [-0.25, -0.2) is 4.79 Å². The van der Waals surface area contributed by atoms with Crippen LogP contribution in [0.1, 0.15) is 73.1 Å². The molecule has 0 aromatic heterocycles. The molecule has 4 bridgehead atoms. The Labute approximate surface area is 139 Å². The standard InChI is InChI=1S/C19H31NO3/c1-12(2)13(14(21)22)20-15(23)19-9-16(3)6-17(4,10-19)8-18(5,7-16)11-19/h12-13H,6-11H2,1-5H3,(H,20,23)(H,21,22)/t13-,16?,17?,18?,19?/m1/s1. The molecule has 0 heterocycles. The average molecular weight is 321 g/mol. The van der Waals surface area contributed by atoms with E-state index in [9.17, 15) is 14.7 Å². The van der Waals surface area contributed by atoms with Crippen LogP contribution in [0.4, 0.5) is 0 Å². The van der Waals surface area contributed by atoms with Crippen molar-refractivity contribution in [3.63, 3.8) is 0 Å². The van der Waals surface area contributed by atoms with Crippen molar-refractivity contribution in [1.29, 1.82) is 0 Å². The summed E-state index contributed by atoms with van der Waals surface area (Å²) in [7, 11) is 0. The molecule has 4 saturated carbocycles. The van der Waals surface area contributed by atoms with Crippen LogP contribution in [0.25, 0.3) is 0 Å². The fraction of sp³-hybridized carbons (Fsp3) is 0.895. The molecule has 0 spiro atoms. The fourth-order valence-corrected chi connectivity index (χ4v) is 7.34. The lowest BCUT2D eigenvalue weighted by molar-refractivity contribution is -0.192. The SMILES string of the molecule is CC(C)[C@@H](NC(=O)C12CC3(C)CC(C)(CC(C)(C3)C1)C2)C(=O)O. The van der Waals surface area contributed by atoms with Gasteiger partial charge in [-0.15, -0.1) is 0 Å². The maximum atomic E-state index is 13.2. The molecule has 4 aliphatic carbocycles.